The molecule has 0 saturated carbocycles. The Labute approximate surface area is 169 Å². The number of carbonyl (C=O) groups is 2. The average Bonchev–Trinajstić information content (AvgIpc) is 3.10. The Bertz CT molecular complexity index is 1090. The fourth-order valence-electron chi connectivity index (χ4n) is 3.91. The second-order valence-corrected chi connectivity index (χ2v) is 7.70. The highest BCUT2D eigenvalue weighted by Gasteiger charge is 2.22. The number of aromatic carboxylic acids is 1. The van der Waals surface area contributed by atoms with Gasteiger partial charge in [0.15, 0.2) is 0 Å². The average molecular weight is 392 g/mol. The topological polar surface area (TPSA) is 89.5 Å². The number of aromatic amines is 1. The highest BCUT2D eigenvalue weighted by molar-refractivity contribution is 5.96. The number of carboxylic acid groups (broad SMARTS) is 1. The molecule has 2 aromatic carbocycles. The molecule has 0 radical (unpaired) electrons. The summed E-state index contributed by atoms with van der Waals surface area (Å²) in [4.78, 5) is 36.1. The molecule has 1 amide bonds. The summed E-state index contributed by atoms with van der Waals surface area (Å²) in [7, 11) is 2.07. The van der Waals surface area contributed by atoms with Gasteiger partial charge < -0.3 is 19.9 Å². The summed E-state index contributed by atoms with van der Waals surface area (Å²) >= 11 is 0. The minimum Gasteiger partial charge on any atom is -0.478 e. The summed E-state index contributed by atoms with van der Waals surface area (Å²) in [6.07, 6.45) is 0. The first-order chi connectivity index (χ1) is 13.8. The molecule has 29 heavy (non-hydrogen) atoms. The SMILES string of the molecule is Cc1cc(C(=O)N2CCN(C)CC2)cc(C)c1-c1nc2ccc(C(=O)O)cc2[nH]1. The number of hydrogen-bond donors (Lipinski definition) is 2. The Kier molecular flexibility index (Phi) is 4.84. The van der Waals surface area contributed by atoms with Gasteiger partial charge in [-0.1, -0.05) is 0 Å². The predicted octanol–water partition coefficient (Wildman–Crippen LogP) is 2.93. The van der Waals surface area contributed by atoms with Gasteiger partial charge in [0.05, 0.1) is 16.6 Å². The third-order valence-corrected chi connectivity index (χ3v) is 5.54. The van der Waals surface area contributed by atoms with E-state index >= 15 is 0 Å². The van der Waals surface area contributed by atoms with Crippen LogP contribution in [0.2, 0.25) is 0 Å². The maximum absolute atomic E-state index is 12.9. The number of likely N-dealkylation sites (N-methyl/N-ethyl adjacent to an activating group) is 1. The molecular formula is C22H24N4O3. The van der Waals surface area contributed by atoms with E-state index < -0.39 is 5.97 Å². The van der Waals surface area contributed by atoms with Gasteiger partial charge in [0.2, 0.25) is 0 Å². The summed E-state index contributed by atoms with van der Waals surface area (Å²) in [5.74, 6) is -0.232. The molecule has 1 fully saturated rings. The first kappa shape index (κ1) is 19.1. The molecule has 2 heterocycles. The molecule has 2 N–H and O–H groups in total. The van der Waals surface area contributed by atoms with E-state index in [9.17, 15) is 14.7 Å². The fraction of sp³-hybridized carbons (Fsp3) is 0.318. The van der Waals surface area contributed by atoms with Crippen LogP contribution in [0.5, 0.6) is 0 Å². The number of benzene rings is 2. The number of amides is 1. The fourth-order valence-corrected chi connectivity index (χ4v) is 3.91. The largest absolute Gasteiger partial charge is 0.478 e. The second kappa shape index (κ2) is 7.33. The molecule has 0 unspecified atom stereocenters. The van der Waals surface area contributed by atoms with Gasteiger partial charge in [0.25, 0.3) is 5.91 Å². The zero-order chi connectivity index (χ0) is 20.7. The quantitative estimate of drug-likeness (QED) is 0.715. The van der Waals surface area contributed by atoms with E-state index in [1.807, 2.05) is 30.9 Å². The number of piperazine rings is 1. The van der Waals surface area contributed by atoms with E-state index in [4.69, 9.17) is 0 Å². The zero-order valence-corrected chi connectivity index (χ0v) is 16.8. The van der Waals surface area contributed by atoms with Crippen molar-refractivity contribution in [3.8, 4) is 11.4 Å². The van der Waals surface area contributed by atoms with E-state index in [-0.39, 0.29) is 11.5 Å². The number of fused-ring (bicyclic) bond motifs is 1. The van der Waals surface area contributed by atoms with Gasteiger partial charge in [0.1, 0.15) is 5.82 Å². The molecule has 1 aromatic heterocycles. The Morgan fingerprint density at radius 3 is 2.28 bits per heavy atom. The van der Waals surface area contributed by atoms with Crippen LogP contribution in [0, 0.1) is 13.8 Å². The minimum absolute atomic E-state index is 0.0616. The number of aromatic nitrogens is 2. The molecule has 1 saturated heterocycles. The smallest absolute Gasteiger partial charge is 0.335 e. The molecule has 0 bridgehead atoms. The monoisotopic (exact) mass is 392 g/mol. The molecule has 0 spiro atoms. The van der Waals surface area contributed by atoms with Crippen molar-refractivity contribution in [2.24, 2.45) is 0 Å². The minimum atomic E-state index is -0.970. The first-order valence-electron chi connectivity index (χ1n) is 9.66. The highest BCUT2D eigenvalue weighted by Crippen LogP contribution is 2.29. The number of rotatable bonds is 3. The highest BCUT2D eigenvalue weighted by atomic mass is 16.4. The van der Waals surface area contributed by atoms with E-state index in [1.54, 1.807) is 18.2 Å². The first-order valence-corrected chi connectivity index (χ1v) is 9.66. The lowest BCUT2D eigenvalue weighted by Gasteiger charge is -2.32. The molecule has 0 atom stereocenters. The number of imidazole rings is 1. The number of hydrogen-bond acceptors (Lipinski definition) is 4. The lowest BCUT2D eigenvalue weighted by molar-refractivity contribution is 0.0662. The summed E-state index contributed by atoms with van der Waals surface area (Å²) in [5.41, 5.74) is 5.15. The Morgan fingerprint density at radius 2 is 1.66 bits per heavy atom. The number of nitrogens with one attached hydrogen (secondary N) is 1. The molecule has 1 aliphatic rings. The lowest BCUT2D eigenvalue weighted by atomic mass is 9.98. The van der Waals surface area contributed by atoms with Gasteiger partial charge in [-0.15, -0.1) is 0 Å². The molecule has 4 rings (SSSR count). The van der Waals surface area contributed by atoms with E-state index in [2.05, 4.69) is 21.9 Å². The van der Waals surface area contributed by atoms with Crippen molar-refractivity contribution in [2.45, 2.75) is 13.8 Å². The van der Waals surface area contributed by atoms with Crippen LogP contribution in [0.3, 0.4) is 0 Å². The summed E-state index contributed by atoms with van der Waals surface area (Å²) in [6.45, 7) is 7.20. The normalized spacial score (nSPS) is 15.1. The van der Waals surface area contributed by atoms with E-state index in [1.165, 1.54) is 0 Å². The summed E-state index contributed by atoms with van der Waals surface area (Å²) in [6, 6.07) is 8.67. The Balaban J connectivity index is 1.68. The second-order valence-electron chi connectivity index (χ2n) is 7.70. The van der Waals surface area contributed by atoms with Gasteiger partial charge in [0, 0.05) is 37.3 Å². The Hall–Kier alpha value is -3.19. The van der Waals surface area contributed by atoms with Crippen LogP contribution in [0.15, 0.2) is 30.3 Å². The van der Waals surface area contributed by atoms with Crippen molar-refractivity contribution >= 4 is 22.9 Å². The molecule has 1 aliphatic heterocycles. The molecule has 7 nitrogen and oxygen atoms in total. The van der Waals surface area contributed by atoms with E-state index in [0.717, 1.165) is 42.9 Å². The Morgan fingerprint density at radius 1 is 1.00 bits per heavy atom. The third kappa shape index (κ3) is 3.61. The summed E-state index contributed by atoms with van der Waals surface area (Å²) in [5, 5.41) is 9.19. The number of nitrogens with zero attached hydrogens (tertiary/aromatic N) is 3. The predicted molar refractivity (Wildman–Crippen MR) is 111 cm³/mol. The number of H-pyrrole nitrogens is 1. The van der Waals surface area contributed by atoms with Crippen LogP contribution in [-0.4, -0.2) is 70.0 Å². The van der Waals surface area contributed by atoms with Crippen molar-refractivity contribution in [3.63, 3.8) is 0 Å². The third-order valence-electron chi connectivity index (χ3n) is 5.54. The van der Waals surface area contributed by atoms with Gasteiger partial charge in [-0.25, -0.2) is 9.78 Å². The number of carboxylic acids is 1. The van der Waals surface area contributed by atoms with Crippen molar-refractivity contribution in [2.75, 3.05) is 33.2 Å². The van der Waals surface area contributed by atoms with Crippen molar-refractivity contribution < 1.29 is 14.7 Å². The number of aryl methyl sites for hydroxylation is 2. The van der Waals surface area contributed by atoms with Crippen LogP contribution in [0.4, 0.5) is 0 Å². The molecule has 150 valence electrons. The van der Waals surface area contributed by atoms with Crippen LogP contribution in [0.1, 0.15) is 31.8 Å². The van der Waals surface area contributed by atoms with Crippen LogP contribution in [-0.2, 0) is 0 Å². The van der Waals surface area contributed by atoms with Crippen molar-refractivity contribution in [1.82, 2.24) is 19.8 Å². The van der Waals surface area contributed by atoms with Gasteiger partial charge in [-0.2, -0.15) is 0 Å². The lowest BCUT2D eigenvalue weighted by Crippen LogP contribution is -2.47. The van der Waals surface area contributed by atoms with Crippen molar-refractivity contribution in [3.05, 3.63) is 52.6 Å². The van der Waals surface area contributed by atoms with Crippen molar-refractivity contribution in [1.29, 1.82) is 0 Å². The van der Waals surface area contributed by atoms with Crippen LogP contribution < -0.4 is 0 Å². The van der Waals surface area contributed by atoms with Crippen LogP contribution >= 0.6 is 0 Å². The van der Waals surface area contributed by atoms with Gasteiger partial charge >= 0.3 is 5.97 Å². The van der Waals surface area contributed by atoms with Gasteiger partial charge in [-0.3, -0.25) is 4.79 Å². The maximum Gasteiger partial charge on any atom is 0.335 e. The standard InChI is InChI=1S/C22H24N4O3/c1-13-10-16(21(27)26-8-6-25(3)7-9-26)11-14(2)19(13)20-23-17-5-4-15(22(28)29)12-18(17)24-20/h4-5,10-12H,6-9H2,1-3H3,(H,23,24)(H,28,29). The van der Waals surface area contributed by atoms with Gasteiger partial charge in [-0.05, 0) is 62.4 Å². The molecule has 0 aliphatic carbocycles. The number of carbonyl (C=O) groups excluding carboxylic acids is 1. The van der Waals surface area contributed by atoms with Crippen LogP contribution in [0.25, 0.3) is 22.4 Å². The molecule has 3 aromatic rings. The molecule has 7 heteroatoms. The summed E-state index contributed by atoms with van der Waals surface area (Å²) < 4.78 is 0. The zero-order valence-electron chi connectivity index (χ0n) is 16.8. The maximum atomic E-state index is 12.9. The molecular weight excluding hydrogens is 368 g/mol. The van der Waals surface area contributed by atoms with E-state index in [0.29, 0.717) is 22.4 Å².